The summed E-state index contributed by atoms with van der Waals surface area (Å²) >= 11 is 8.99. The first kappa shape index (κ1) is 21.4. The third-order valence-corrected chi connectivity index (χ3v) is 8.47. The van der Waals surface area contributed by atoms with Gasteiger partial charge >= 0.3 is 5.69 Å². The predicted molar refractivity (Wildman–Crippen MR) is 125 cm³/mol. The molecule has 32 heavy (non-hydrogen) atoms. The first-order chi connectivity index (χ1) is 15.3. The highest BCUT2D eigenvalue weighted by Crippen LogP contribution is 2.49. The van der Waals surface area contributed by atoms with Gasteiger partial charge in [0.25, 0.3) is 5.56 Å². The van der Waals surface area contributed by atoms with E-state index in [2.05, 4.69) is 4.98 Å². The lowest BCUT2D eigenvalue weighted by Gasteiger charge is -2.30. The van der Waals surface area contributed by atoms with Crippen molar-refractivity contribution in [2.24, 2.45) is 14.1 Å². The van der Waals surface area contributed by atoms with Crippen LogP contribution in [0.3, 0.4) is 0 Å². The van der Waals surface area contributed by atoms with E-state index < -0.39 is 17.1 Å². The average Bonchev–Trinajstić information content (AvgIpc) is 3.37. The van der Waals surface area contributed by atoms with Crippen LogP contribution in [-0.4, -0.2) is 35.6 Å². The van der Waals surface area contributed by atoms with Crippen LogP contribution in [0.2, 0.25) is 5.15 Å². The molecular weight excluding hydrogens is 475 g/mol. The summed E-state index contributed by atoms with van der Waals surface area (Å²) in [7, 11) is 3.05. The Bertz CT molecular complexity index is 1490. The number of aryl methyl sites for hydroxylation is 1. The van der Waals surface area contributed by atoms with Crippen molar-refractivity contribution in [3.8, 4) is 11.3 Å². The summed E-state index contributed by atoms with van der Waals surface area (Å²) in [4.78, 5) is 30.6. The van der Waals surface area contributed by atoms with E-state index in [9.17, 15) is 19.1 Å². The van der Waals surface area contributed by atoms with Gasteiger partial charge in [0.2, 0.25) is 0 Å². The van der Waals surface area contributed by atoms with Gasteiger partial charge in [-0.3, -0.25) is 13.9 Å². The predicted octanol–water partition coefficient (Wildman–Crippen LogP) is 3.15. The van der Waals surface area contributed by atoms with E-state index in [4.69, 9.17) is 11.6 Å². The highest BCUT2D eigenvalue weighted by atomic mass is 35.5. The van der Waals surface area contributed by atoms with Gasteiger partial charge in [-0.2, -0.15) is 0 Å². The number of rotatable bonds is 3. The zero-order valence-electron chi connectivity index (χ0n) is 17.1. The highest BCUT2D eigenvalue weighted by molar-refractivity contribution is 8.00. The fourth-order valence-electron chi connectivity index (χ4n) is 4.30. The van der Waals surface area contributed by atoms with Crippen LogP contribution in [0.25, 0.3) is 22.2 Å². The fourth-order valence-corrected chi connectivity index (χ4v) is 6.81. The minimum absolute atomic E-state index is 0.0895. The van der Waals surface area contributed by atoms with Gasteiger partial charge in [0.1, 0.15) is 16.0 Å². The summed E-state index contributed by atoms with van der Waals surface area (Å²) in [5.74, 6) is -0.431. The molecule has 1 aromatic carbocycles. The number of halogens is 2. The van der Waals surface area contributed by atoms with Crippen LogP contribution in [0.1, 0.15) is 16.0 Å². The molecule has 2 atom stereocenters. The molecule has 0 bridgehead atoms. The molecule has 1 aliphatic heterocycles. The molecule has 3 aromatic heterocycles. The lowest BCUT2D eigenvalue weighted by atomic mass is 10.1. The summed E-state index contributed by atoms with van der Waals surface area (Å²) in [5.41, 5.74) is 1.35. The molecule has 0 spiro atoms. The lowest BCUT2D eigenvalue weighted by Crippen LogP contribution is -2.37. The van der Waals surface area contributed by atoms with Gasteiger partial charge < -0.3 is 9.67 Å². The number of benzene rings is 1. The molecule has 0 saturated carbocycles. The second-order valence-electron chi connectivity index (χ2n) is 7.61. The Labute approximate surface area is 194 Å². The van der Waals surface area contributed by atoms with Crippen LogP contribution in [0.15, 0.2) is 39.2 Å². The van der Waals surface area contributed by atoms with E-state index in [1.165, 1.54) is 46.8 Å². The molecule has 0 unspecified atom stereocenters. The number of aliphatic hydroxyl groups excluding tert-OH is 1. The number of aromatic nitrogens is 4. The normalized spacial score (nSPS) is 18.3. The standard InChI is InChI=1S/C21H18ClFN4O3S2/c1-25-16-14(20(29)26(2)21(25)30)15(10-4-3-5-11(23)6-10)27-7-12(8-28)32-18(17(16)27)19-24-13(22)9-31-19/h3-6,9,12,18,28H,7-8H2,1-2H3/t12-,18-/m1/s1. The highest BCUT2D eigenvalue weighted by Gasteiger charge is 2.37. The Morgan fingerprint density at radius 2 is 2.06 bits per heavy atom. The summed E-state index contributed by atoms with van der Waals surface area (Å²) in [6.45, 7) is 0.303. The molecule has 4 heterocycles. The molecule has 4 aromatic rings. The van der Waals surface area contributed by atoms with Crippen molar-refractivity contribution in [2.75, 3.05) is 6.61 Å². The van der Waals surface area contributed by atoms with E-state index in [-0.39, 0.29) is 17.1 Å². The second kappa shape index (κ2) is 7.87. The third-order valence-electron chi connectivity index (χ3n) is 5.69. The summed E-state index contributed by atoms with van der Waals surface area (Å²) in [6.07, 6.45) is 0. The molecule has 7 nitrogen and oxygen atoms in total. The minimum atomic E-state index is -0.453. The molecule has 1 aliphatic rings. The number of hydrogen-bond donors (Lipinski definition) is 1. The molecule has 0 fully saturated rings. The van der Waals surface area contributed by atoms with Gasteiger partial charge in [-0.15, -0.1) is 23.1 Å². The molecule has 11 heteroatoms. The molecule has 0 aliphatic carbocycles. The number of nitrogens with zero attached hydrogens (tertiary/aromatic N) is 4. The first-order valence-electron chi connectivity index (χ1n) is 9.77. The number of aliphatic hydroxyl groups is 1. The van der Waals surface area contributed by atoms with Crippen LogP contribution in [0.4, 0.5) is 4.39 Å². The van der Waals surface area contributed by atoms with Crippen LogP contribution < -0.4 is 11.2 Å². The third kappa shape index (κ3) is 3.16. The van der Waals surface area contributed by atoms with E-state index in [1.807, 2.05) is 4.57 Å². The van der Waals surface area contributed by atoms with E-state index in [0.717, 1.165) is 10.3 Å². The Hall–Kier alpha value is -2.40. The van der Waals surface area contributed by atoms with Crippen LogP contribution in [0, 0.1) is 5.82 Å². The van der Waals surface area contributed by atoms with Crippen molar-refractivity contribution in [3.63, 3.8) is 0 Å². The molecule has 0 amide bonds. The monoisotopic (exact) mass is 492 g/mol. The van der Waals surface area contributed by atoms with Gasteiger partial charge in [-0.05, 0) is 12.1 Å². The number of thioether (sulfide) groups is 1. The fraction of sp³-hybridized carbons (Fsp3) is 0.286. The number of thiazole rings is 1. The Morgan fingerprint density at radius 1 is 1.28 bits per heavy atom. The van der Waals surface area contributed by atoms with Gasteiger partial charge in [-0.1, -0.05) is 23.7 Å². The Balaban J connectivity index is 1.97. The van der Waals surface area contributed by atoms with E-state index in [1.54, 1.807) is 24.6 Å². The minimum Gasteiger partial charge on any atom is -0.395 e. The maximum absolute atomic E-state index is 14.2. The smallest absolute Gasteiger partial charge is 0.331 e. The van der Waals surface area contributed by atoms with Crippen molar-refractivity contribution in [1.82, 2.24) is 18.7 Å². The van der Waals surface area contributed by atoms with Crippen molar-refractivity contribution in [2.45, 2.75) is 17.0 Å². The van der Waals surface area contributed by atoms with Crippen molar-refractivity contribution in [1.29, 1.82) is 0 Å². The van der Waals surface area contributed by atoms with Gasteiger partial charge in [-0.25, -0.2) is 14.2 Å². The van der Waals surface area contributed by atoms with Crippen LogP contribution in [-0.2, 0) is 20.6 Å². The molecular formula is C21H18ClFN4O3S2. The van der Waals surface area contributed by atoms with Gasteiger partial charge in [0, 0.05) is 36.8 Å². The molecule has 5 rings (SSSR count). The maximum Gasteiger partial charge on any atom is 0.331 e. The quantitative estimate of drug-likeness (QED) is 0.475. The number of fused-ring (bicyclic) bond motifs is 3. The Morgan fingerprint density at radius 3 is 2.72 bits per heavy atom. The summed E-state index contributed by atoms with van der Waals surface area (Å²) < 4.78 is 18.6. The zero-order chi connectivity index (χ0) is 22.7. The molecule has 1 N–H and O–H groups in total. The summed E-state index contributed by atoms with van der Waals surface area (Å²) in [6, 6.07) is 6.03. The number of hydrogen-bond acceptors (Lipinski definition) is 6. The molecule has 0 radical (unpaired) electrons. The molecule has 166 valence electrons. The summed E-state index contributed by atoms with van der Waals surface area (Å²) in [5, 5.41) is 12.6. The zero-order valence-corrected chi connectivity index (χ0v) is 19.5. The van der Waals surface area contributed by atoms with E-state index >= 15 is 0 Å². The SMILES string of the molecule is Cn1c(=O)c2c(-c3cccc(F)c3)n3c(c2n(C)c1=O)[C@H](c1nc(Cl)cs1)S[C@@H](CO)C3. The Kier molecular flexibility index (Phi) is 5.28. The maximum atomic E-state index is 14.2. The van der Waals surface area contributed by atoms with E-state index in [0.29, 0.717) is 38.9 Å². The lowest BCUT2D eigenvalue weighted by molar-refractivity contribution is 0.284. The van der Waals surface area contributed by atoms with Crippen molar-refractivity contribution < 1.29 is 9.50 Å². The first-order valence-corrected chi connectivity index (χ1v) is 12.0. The largest absolute Gasteiger partial charge is 0.395 e. The molecule has 0 saturated heterocycles. The topological polar surface area (TPSA) is 82.0 Å². The van der Waals surface area contributed by atoms with Crippen LogP contribution in [0.5, 0.6) is 0 Å². The average molecular weight is 493 g/mol. The van der Waals surface area contributed by atoms with Gasteiger partial charge in [0.05, 0.1) is 34.1 Å². The van der Waals surface area contributed by atoms with Crippen molar-refractivity contribution >= 4 is 45.6 Å². The van der Waals surface area contributed by atoms with Gasteiger partial charge in [0.15, 0.2) is 0 Å². The second-order valence-corrected chi connectivity index (χ2v) is 10.3. The van der Waals surface area contributed by atoms with Crippen LogP contribution >= 0.6 is 34.7 Å². The van der Waals surface area contributed by atoms with Crippen molar-refractivity contribution in [3.05, 3.63) is 72.2 Å².